The van der Waals surface area contributed by atoms with E-state index in [1.54, 1.807) is 0 Å². The molecule has 1 aliphatic carbocycles. The fraction of sp³-hybridized carbons (Fsp3) is 0.500. The van der Waals surface area contributed by atoms with Crippen LogP contribution in [0.5, 0.6) is 0 Å². The molecule has 0 unspecified atom stereocenters. The summed E-state index contributed by atoms with van der Waals surface area (Å²) in [5.74, 6) is -0.874. The Morgan fingerprint density at radius 1 is 1.29 bits per heavy atom. The minimum absolute atomic E-state index is 0.0244. The smallest absolute Gasteiger partial charge is 0.254 e. The van der Waals surface area contributed by atoms with E-state index in [-0.39, 0.29) is 35.9 Å². The highest BCUT2D eigenvalue weighted by Crippen LogP contribution is 2.40. The Kier molecular flexibility index (Phi) is 9.50. The van der Waals surface area contributed by atoms with Crippen LogP contribution in [0, 0.1) is 0 Å². The van der Waals surface area contributed by atoms with Crippen LogP contribution in [0.2, 0.25) is 0 Å². The molecule has 2 aliphatic rings. The van der Waals surface area contributed by atoms with Gasteiger partial charge in [-0.25, -0.2) is 4.98 Å². The standard InChI is InChI=1S/C26H34N6O4S2/c1-26(2)22(23(35)29-18-11-7-4-8-12-18)32(16-38-26)24(36)21(34)19(13-17-9-5-3-6-10-17)30-20(33)14-37-25-27-15-28-31-25/h3,5-7,9-11,15,18-19,21-22,34H,4,8,12-14,16H2,1-2H3,(H,29,35)(H,30,33)(H,27,28,31)/t18-,19+,21+,22-/m1/s1. The molecule has 10 nitrogen and oxygen atoms in total. The van der Waals surface area contributed by atoms with Crippen molar-refractivity contribution in [3.8, 4) is 0 Å². The largest absolute Gasteiger partial charge is 0.381 e. The highest BCUT2D eigenvalue weighted by Gasteiger charge is 2.50. The highest BCUT2D eigenvalue weighted by molar-refractivity contribution is 8.01. The van der Waals surface area contributed by atoms with Crippen LogP contribution in [0.3, 0.4) is 0 Å². The monoisotopic (exact) mass is 558 g/mol. The van der Waals surface area contributed by atoms with E-state index in [1.807, 2.05) is 50.3 Å². The number of allylic oxidation sites excluding steroid dienone is 1. The first-order valence-corrected chi connectivity index (χ1v) is 14.6. The Morgan fingerprint density at radius 3 is 2.76 bits per heavy atom. The highest BCUT2D eigenvalue weighted by atomic mass is 32.2. The lowest BCUT2D eigenvalue weighted by molar-refractivity contribution is -0.147. The third-order valence-corrected chi connectivity index (χ3v) is 8.90. The van der Waals surface area contributed by atoms with Crippen molar-refractivity contribution in [2.45, 2.75) is 73.7 Å². The number of aliphatic hydroxyl groups is 1. The molecule has 1 saturated heterocycles. The number of carbonyl (C=O) groups is 3. The Hall–Kier alpha value is -2.83. The van der Waals surface area contributed by atoms with Gasteiger partial charge in [-0.05, 0) is 45.1 Å². The summed E-state index contributed by atoms with van der Waals surface area (Å²) in [5, 5.41) is 24.1. The van der Waals surface area contributed by atoms with Gasteiger partial charge in [0, 0.05) is 10.8 Å². The average Bonchev–Trinajstić information content (AvgIpc) is 3.54. The second kappa shape index (κ2) is 12.8. The van der Waals surface area contributed by atoms with Gasteiger partial charge in [-0.15, -0.1) is 16.9 Å². The number of amides is 3. The van der Waals surface area contributed by atoms with Crippen LogP contribution >= 0.6 is 23.5 Å². The molecule has 2 aromatic rings. The molecule has 0 radical (unpaired) electrons. The van der Waals surface area contributed by atoms with Crippen molar-refractivity contribution < 1.29 is 19.5 Å². The lowest BCUT2D eigenvalue weighted by Crippen LogP contribution is -2.59. The Bertz CT molecular complexity index is 1130. The lowest BCUT2D eigenvalue weighted by atomic mass is 9.96. The van der Waals surface area contributed by atoms with Gasteiger partial charge in [-0.2, -0.15) is 0 Å². The van der Waals surface area contributed by atoms with Crippen molar-refractivity contribution in [3.63, 3.8) is 0 Å². The van der Waals surface area contributed by atoms with Crippen molar-refractivity contribution in [1.29, 1.82) is 0 Å². The van der Waals surface area contributed by atoms with Gasteiger partial charge in [0.25, 0.3) is 5.91 Å². The molecule has 1 aliphatic heterocycles. The van der Waals surface area contributed by atoms with E-state index in [4.69, 9.17) is 0 Å². The zero-order chi connectivity index (χ0) is 27.1. The number of benzene rings is 1. The summed E-state index contributed by atoms with van der Waals surface area (Å²) in [4.78, 5) is 45.3. The van der Waals surface area contributed by atoms with E-state index in [9.17, 15) is 19.5 Å². The molecule has 1 aromatic heterocycles. The maximum absolute atomic E-state index is 13.7. The van der Waals surface area contributed by atoms with E-state index < -0.39 is 28.8 Å². The SMILES string of the molecule is CC1(C)SCN(C(=O)[C@@H](O)[C@H](Cc2ccccc2)NC(=O)CSc2nc[nH]n2)[C@@H]1C(=O)N[C@@H]1C=CCCC1. The maximum atomic E-state index is 13.7. The van der Waals surface area contributed by atoms with Gasteiger partial charge in [-0.3, -0.25) is 19.5 Å². The Balaban J connectivity index is 1.48. The Morgan fingerprint density at radius 2 is 2.08 bits per heavy atom. The molecule has 0 spiro atoms. The second-order valence-corrected chi connectivity index (χ2v) is 12.5. The number of rotatable bonds is 10. The van der Waals surface area contributed by atoms with Gasteiger partial charge in [-0.1, -0.05) is 54.2 Å². The molecule has 12 heteroatoms. The number of aromatic nitrogens is 3. The van der Waals surface area contributed by atoms with Crippen LogP contribution < -0.4 is 10.6 Å². The summed E-state index contributed by atoms with van der Waals surface area (Å²) >= 11 is 2.64. The normalized spacial score (nSPS) is 22.0. The van der Waals surface area contributed by atoms with E-state index in [0.717, 1.165) is 36.6 Å². The Labute approximate surface area is 230 Å². The number of thioether (sulfide) groups is 2. The minimum atomic E-state index is -1.54. The molecule has 4 atom stereocenters. The summed E-state index contributed by atoms with van der Waals surface area (Å²) < 4.78 is -0.538. The van der Waals surface area contributed by atoms with Gasteiger partial charge >= 0.3 is 0 Å². The number of nitrogens with one attached hydrogen (secondary N) is 3. The second-order valence-electron chi connectivity index (χ2n) is 9.94. The van der Waals surface area contributed by atoms with Gasteiger partial charge in [0.05, 0.1) is 17.7 Å². The number of hydrogen-bond acceptors (Lipinski definition) is 8. The van der Waals surface area contributed by atoms with Crippen LogP contribution in [-0.2, 0) is 20.8 Å². The third kappa shape index (κ3) is 7.17. The van der Waals surface area contributed by atoms with Crippen LogP contribution in [0.4, 0.5) is 0 Å². The first-order chi connectivity index (χ1) is 18.2. The van der Waals surface area contributed by atoms with Crippen molar-refractivity contribution in [2.24, 2.45) is 0 Å². The zero-order valence-corrected chi connectivity index (χ0v) is 23.1. The molecule has 4 N–H and O–H groups in total. The molecule has 0 saturated carbocycles. The fourth-order valence-electron chi connectivity index (χ4n) is 4.70. The van der Waals surface area contributed by atoms with Crippen molar-refractivity contribution in [3.05, 3.63) is 54.4 Å². The molecule has 1 fully saturated rings. The molecular formula is C26H34N6O4S2. The summed E-state index contributed by atoms with van der Waals surface area (Å²) in [6.07, 6.45) is 7.06. The topological polar surface area (TPSA) is 140 Å². The number of aromatic amines is 1. The molecule has 38 heavy (non-hydrogen) atoms. The molecule has 1 aromatic carbocycles. The van der Waals surface area contributed by atoms with Crippen molar-refractivity contribution >= 4 is 41.2 Å². The quantitative estimate of drug-likeness (QED) is 0.256. The molecule has 3 amide bonds. The molecule has 2 heterocycles. The summed E-state index contributed by atoms with van der Waals surface area (Å²) in [5.41, 5.74) is 0.862. The fourth-order valence-corrected chi connectivity index (χ4v) is 6.43. The van der Waals surface area contributed by atoms with Crippen LogP contribution in [0.15, 0.2) is 54.0 Å². The van der Waals surface area contributed by atoms with Crippen LogP contribution in [0.25, 0.3) is 0 Å². The predicted octanol–water partition coefficient (Wildman–Crippen LogP) is 1.89. The molecule has 0 bridgehead atoms. The first kappa shape index (κ1) is 28.2. The lowest BCUT2D eigenvalue weighted by Gasteiger charge is -2.34. The van der Waals surface area contributed by atoms with Gasteiger partial charge < -0.3 is 20.6 Å². The number of aliphatic hydroxyl groups excluding tert-OH is 1. The summed E-state index contributed by atoms with van der Waals surface area (Å²) in [6, 6.07) is 7.65. The third-order valence-electron chi connectivity index (χ3n) is 6.66. The number of carbonyl (C=O) groups excluding carboxylic acids is 3. The number of H-pyrrole nitrogens is 1. The summed E-state index contributed by atoms with van der Waals surface area (Å²) in [7, 11) is 0. The van der Waals surface area contributed by atoms with Crippen molar-refractivity contribution in [2.75, 3.05) is 11.6 Å². The predicted molar refractivity (Wildman–Crippen MR) is 147 cm³/mol. The number of nitrogens with zero attached hydrogens (tertiary/aromatic N) is 3. The number of hydrogen-bond donors (Lipinski definition) is 4. The molecular weight excluding hydrogens is 524 g/mol. The van der Waals surface area contributed by atoms with Crippen molar-refractivity contribution in [1.82, 2.24) is 30.7 Å². The van der Waals surface area contributed by atoms with E-state index in [2.05, 4.69) is 31.9 Å². The minimum Gasteiger partial charge on any atom is -0.381 e. The van der Waals surface area contributed by atoms with Gasteiger partial charge in [0.1, 0.15) is 12.4 Å². The first-order valence-electron chi connectivity index (χ1n) is 12.7. The van der Waals surface area contributed by atoms with Gasteiger partial charge in [0.15, 0.2) is 6.10 Å². The van der Waals surface area contributed by atoms with E-state index >= 15 is 0 Å². The van der Waals surface area contributed by atoms with E-state index in [1.165, 1.54) is 23.0 Å². The zero-order valence-electron chi connectivity index (χ0n) is 21.5. The average molecular weight is 559 g/mol. The van der Waals surface area contributed by atoms with Crippen LogP contribution in [0.1, 0.15) is 38.7 Å². The van der Waals surface area contributed by atoms with E-state index in [0.29, 0.717) is 5.16 Å². The van der Waals surface area contributed by atoms with Crippen LogP contribution in [-0.4, -0.2) is 83.5 Å². The molecule has 4 rings (SSSR count). The molecule has 204 valence electrons. The maximum Gasteiger partial charge on any atom is 0.254 e. The van der Waals surface area contributed by atoms with Gasteiger partial charge in [0.2, 0.25) is 17.0 Å². The summed E-state index contributed by atoms with van der Waals surface area (Å²) in [6.45, 7) is 3.86.